The minimum Gasteiger partial charge on any atom is -0.312 e. The van der Waals surface area contributed by atoms with Crippen molar-refractivity contribution in [1.82, 2.24) is 25.7 Å². The van der Waals surface area contributed by atoms with E-state index >= 15 is 0 Å². The molecule has 2 aromatic rings. The average molecular weight is 277 g/mol. The fourth-order valence-corrected chi connectivity index (χ4v) is 2.46. The molecule has 0 aromatic carbocycles. The monoisotopic (exact) mass is 277 g/mol. The summed E-state index contributed by atoms with van der Waals surface area (Å²) in [6, 6.07) is 1.90. The molecule has 1 N–H and O–H groups in total. The molecule has 0 aliphatic carbocycles. The number of nitrogens with zero attached hydrogens (tertiary/aromatic N) is 4. The third-order valence-corrected chi connectivity index (χ3v) is 3.55. The maximum Gasteiger partial charge on any atom is 0.149 e. The van der Waals surface area contributed by atoms with Crippen molar-refractivity contribution in [3.8, 4) is 10.6 Å². The van der Waals surface area contributed by atoms with Crippen molar-refractivity contribution in [2.75, 3.05) is 6.54 Å². The fraction of sp³-hybridized carbons (Fsp3) is 0.538. The second-order valence-corrected chi connectivity index (χ2v) is 6.47. The summed E-state index contributed by atoms with van der Waals surface area (Å²) in [6.45, 7) is 7.51. The van der Waals surface area contributed by atoms with Crippen molar-refractivity contribution >= 4 is 11.3 Å². The maximum atomic E-state index is 4.22. The van der Waals surface area contributed by atoms with Gasteiger partial charge in [-0.25, -0.2) is 0 Å². The van der Waals surface area contributed by atoms with Crippen LogP contribution in [0.25, 0.3) is 10.6 Å². The summed E-state index contributed by atoms with van der Waals surface area (Å²) in [6.07, 6.45) is 5.41. The van der Waals surface area contributed by atoms with Gasteiger partial charge < -0.3 is 5.32 Å². The average Bonchev–Trinajstić information content (AvgIpc) is 2.83. The number of aryl methyl sites for hydroxylation is 1. The summed E-state index contributed by atoms with van der Waals surface area (Å²) < 4.78 is 0. The molecule has 2 heterocycles. The van der Waals surface area contributed by atoms with Crippen LogP contribution in [0.3, 0.4) is 0 Å². The van der Waals surface area contributed by atoms with Gasteiger partial charge in [0.2, 0.25) is 0 Å². The molecule has 0 saturated heterocycles. The first-order valence-electron chi connectivity index (χ1n) is 6.39. The van der Waals surface area contributed by atoms with Crippen molar-refractivity contribution < 1.29 is 0 Å². The fourth-order valence-electron chi connectivity index (χ4n) is 1.59. The van der Waals surface area contributed by atoms with Gasteiger partial charge in [0.1, 0.15) is 10.0 Å². The molecule has 0 radical (unpaired) electrons. The lowest BCUT2D eigenvalue weighted by Gasteiger charge is -2.20. The van der Waals surface area contributed by atoms with Crippen LogP contribution in [0, 0.1) is 0 Å². The van der Waals surface area contributed by atoms with Gasteiger partial charge in [-0.2, -0.15) is 10.2 Å². The quantitative estimate of drug-likeness (QED) is 0.850. The Kier molecular flexibility index (Phi) is 4.55. The van der Waals surface area contributed by atoms with Crippen LogP contribution in [-0.2, 0) is 6.42 Å². The van der Waals surface area contributed by atoms with Gasteiger partial charge in [0, 0.05) is 17.5 Å². The molecular weight excluding hydrogens is 258 g/mol. The standard InChI is InChI=1S/C13H19N5S/c1-13(2,3)14-7-4-5-11-17-18-12(19-11)10-6-8-15-16-9-10/h6,8-9,14H,4-5,7H2,1-3H3. The van der Waals surface area contributed by atoms with Crippen LogP contribution in [-0.4, -0.2) is 32.5 Å². The summed E-state index contributed by atoms with van der Waals surface area (Å²) in [7, 11) is 0. The van der Waals surface area contributed by atoms with Gasteiger partial charge in [-0.3, -0.25) is 0 Å². The van der Waals surface area contributed by atoms with E-state index in [0.29, 0.717) is 0 Å². The van der Waals surface area contributed by atoms with Crippen molar-refractivity contribution in [3.05, 3.63) is 23.5 Å². The lowest BCUT2D eigenvalue weighted by Crippen LogP contribution is -2.36. The predicted molar refractivity (Wildman–Crippen MR) is 77.0 cm³/mol. The van der Waals surface area contributed by atoms with Crippen molar-refractivity contribution in [1.29, 1.82) is 0 Å². The van der Waals surface area contributed by atoms with E-state index < -0.39 is 0 Å². The SMILES string of the molecule is CC(C)(C)NCCCc1nnc(-c2ccnnc2)s1. The van der Waals surface area contributed by atoms with Gasteiger partial charge in [-0.1, -0.05) is 11.3 Å². The van der Waals surface area contributed by atoms with Crippen LogP contribution in [0.4, 0.5) is 0 Å². The normalized spacial score (nSPS) is 11.7. The van der Waals surface area contributed by atoms with Crippen LogP contribution in [0.15, 0.2) is 18.5 Å². The second kappa shape index (κ2) is 6.16. The Labute approximate surface area is 117 Å². The number of nitrogens with one attached hydrogen (secondary N) is 1. The first-order valence-corrected chi connectivity index (χ1v) is 7.21. The molecule has 0 saturated carbocycles. The summed E-state index contributed by atoms with van der Waals surface area (Å²) >= 11 is 1.63. The number of aromatic nitrogens is 4. The minimum absolute atomic E-state index is 0.176. The first kappa shape index (κ1) is 14.0. The second-order valence-electron chi connectivity index (χ2n) is 5.41. The lowest BCUT2D eigenvalue weighted by atomic mass is 10.1. The topological polar surface area (TPSA) is 63.6 Å². The van der Waals surface area contributed by atoms with E-state index in [4.69, 9.17) is 0 Å². The van der Waals surface area contributed by atoms with Gasteiger partial charge >= 0.3 is 0 Å². The van der Waals surface area contributed by atoms with Crippen molar-refractivity contribution in [3.63, 3.8) is 0 Å². The Morgan fingerprint density at radius 1 is 1.21 bits per heavy atom. The zero-order valence-corrected chi connectivity index (χ0v) is 12.4. The van der Waals surface area contributed by atoms with Crippen LogP contribution in [0.5, 0.6) is 0 Å². The zero-order chi connectivity index (χ0) is 13.7. The highest BCUT2D eigenvalue weighted by Gasteiger charge is 2.09. The third kappa shape index (κ3) is 4.65. The first-order chi connectivity index (χ1) is 9.04. The Bertz CT molecular complexity index is 503. The Morgan fingerprint density at radius 2 is 2.05 bits per heavy atom. The maximum absolute atomic E-state index is 4.22. The Balaban J connectivity index is 1.85. The Morgan fingerprint density at radius 3 is 2.74 bits per heavy atom. The van der Waals surface area contributed by atoms with Gasteiger partial charge in [-0.05, 0) is 39.8 Å². The van der Waals surface area contributed by atoms with E-state index in [-0.39, 0.29) is 5.54 Å². The highest BCUT2D eigenvalue weighted by molar-refractivity contribution is 7.14. The van der Waals surface area contributed by atoms with Crippen LogP contribution in [0.2, 0.25) is 0 Å². The van der Waals surface area contributed by atoms with Crippen LogP contribution >= 0.6 is 11.3 Å². The van der Waals surface area contributed by atoms with Gasteiger partial charge in [-0.15, -0.1) is 10.2 Å². The van der Waals surface area contributed by atoms with E-state index in [1.807, 2.05) is 6.07 Å². The van der Waals surface area contributed by atoms with E-state index in [2.05, 4.69) is 46.5 Å². The van der Waals surface area contributed by atoms with Crippen molar-refractivity contribution in [2.24, 2.45) is 0 Å². The summed E-state index contributed by atoms with van der Waals surface area (Å²) in [5.74, 6) is 0. The van der Waals surface area contributed by atoms with Crippen LogP contribution < -0.4 is 5.32 Å². The van der Waals surface area contributed by atoms with Crippen LogP contribution in [0.1, 0.15) is 32.2 Å². The molecule has 2 aromatic heterocycles. The molecule has 0 fully saturated rings. The number of hydrogen-bond donors (Lipinski definition) is 1. The summed E-state index contributed by atoms with van der Waals surface area (Å²) in [4.78, 5) is 0. The largest absolute Gasteiger partial charge is 0.312 e. The zero-order valence-electron chi connectivity index (χ0n) is 11.6. The third-order valence-electron chi connectivity index (χ3n) is 2.52. The number of rotatable bonds is 5. The molecule has 0 bridgehead atoms. The highest BCUT2D eigenvalue weighted by Crippen LogP contribution is 2.22. The molecule has 6 heteroatoms. The van der Waals surface area contributed by atoms with Crippen molar-refractivity contribution in [2.45, 2.75) is 39.2 Å². The van der Waals surface area contributed by atoms with Gasteiger partial charge in [0.25, 0.3) is 0 Å². The molecular formula is C13H19N5S. The van der Waals surface area contributed by atoms with E-state index in [1.54, 1.807) is 23.7 Å². The van der Waals surface area contributed by atoms with E-state index in [9.17, 15) is 0 Å². The van der Waals surface area contributed by atoms with E-state index in [0.717, 1.165) is 35.0 Å². The molecule has 0 unspecified atom stereocenters. The minimum atomic E-state index is 0.176. The molecule has 0 aliphatic heterocycles. The molecule has 0 atom stereocenters. The van der Waals surface area contributed by atoms with Gasteiger partial charge in [0.05, 0.1) is 12.4 Å². The summed E-state index contributed by atoms with van der Waals surface area (Å²) in [5.41, 5.74) is 1.15. The molecule has 0 amide bonds. The number of hydrogen-bond acceptors (Lipinski definition) is 6. The molecule has 0 spiro atoms. The summed E-state index contributed by atoms with van der Waals surface area (Å²) in [5, 5.41) is 21.5. The predicted octanol–water partition coefficient (Wildman–Crippen LogP) is 2.32. The highest BCUT2D eigenvalue weighted by atomic mass is 32.1. The van der Waals surface area contributed by atoms with Gasteiger partial charge in [0.15, 0.2) is 0 Å². The smallest absolute Gasteiger partial charge is 0.149 e. The molecule has 5 nitrogen and oxygen atoms in total. The lowest BCUT2D eigenvalue weighted by molar-refractivity contribution is 0.422. The Hall–Kier alpha value is -1.40. The molecule has 2 rings (SSSR count). The van der Waals surface area contributed by atoms with E-state index in [1.165, 1.54) is 0 Å². The molecule has 102 valence electrons. The molecule has 0 aliphatic rings. The molecule has 19 heavy (non-hydrogen) atoms.